The first-order valence-corrected chi connectivity index (χ1v) is 8.89. The van der Waals surface area contributed by atoms with Gasteiger partial charge in [-0.1, -0.05) is 29.7 Å². The molecule has 0 spiro atoms. The first kappa shape index (κ1) is 18.9. The number of carboxylic acids is 1. The van der Waals surface area contributed by atoms with Crippen molar-refractivity contribution in [1.82, 2.24) is 0 Å². The van der Waals surface area contributed by atoms with Crippen molar-refractivity contribution in [2.24, 2.45) is 0 Å². The van der Waals surface area contributed by atoms with Crippen molar-refractivity contribution in [3.05, 3.63) is 53.1 Å². The summed E-state index contributed by atoms with van der Waals surface area (Å²) in [5.41, 5.74) is 0.847. The number of rotatable bonds is 6. The van der Waals surface area contributed by atoms with Crippen LogP contribution in [-0.2, 0) is 4.79 Å². The summed E-state index contributed by atoms with van der Waals surface area (Å²) in [6.07, 6.45) is -0.280. The van der Waals surface area contributed by atoms with Gasteiger partial charge in [-0.15, -0.1) is 5.92 Å². The maximum absolute atomic E-state index is 11.0. The summed E-state index contributed by atoms with van der Waals surface area (Å²) in [4.78, 5) is 11.0. The van der Waals surface area contributed by atoms with E-state index >= 15 is 0 Å². The zero-order chi connectivity index (χ0) is 19.2. The number of fused-ring (bicyclic) bond motifs is 1. The molecule has 6 heteroatoms. The average molecular weight is 387 g/mol. The fourth-order valence-corrected chi connectivity index (χ4v) is 2.92. The summed E-state index contributed by atoms with van der Waals surface area (Å²) >= 11 is 5.98. The highest BCUT2D eigenvalue weighted by molar-refractivity contribution is 6.30. The highest BCUT2D eigenvalue weighted by atomic mass is 35.5. The molecule has 27 heavy (non-hydrogen) atoms. The zero-order valence-electron chi connectivity index (χ0n) is 14.8. The van der Waals surface area contributed by atoms with E-state index in [0.717, 1.165) is 5.56 Å². The van der Waals surface area contributed by atoms with Crippen LogP contribution in [0.1, 0.15) is 24.8 Å². The summed E-state index contributed by atoms with van der Waals surface area (Å²) in [6.45, 7) is 2.40. The lowest BCUT2D eigenvalue weighted by Crippen LogP contribution is -2.34. The molecule has 1 aliphatic heterocycles. The molecule has 0 saturated heterocycles. The van der Waals surface area contributed by atoms with Crippen molar-refractivity contribution < 1.29 is 24.1 Å². The lowest BCUT2D eigenvalue weighted by atomic mass is 9.96. The van der Waals surface area contributed by atoms with Gasteiger partial charge in [-0.2, -0.15) is 0 Å². The molecule has 0 aromatic heterocycles. The minimum Gasteiger partial charge on any atom is -0.490 e. The van der Waals surface area contributed by atoms with Crippen LogP contribution in [0, 0.1) is 11.8 Å². The summed E-state index contributed by atoms with van der Waals surface area (Å²) in [5, 5.41) is 9.60. The third-order valence-corrected chi connectivity index (χ3v) is 4.27. The van der Waals surface area contributed by atoms with Gasteiger partial charge in [0.15, 0.2) is 17.6 Å². The molecule has 2 aromatic carbocycles. The van der Waals surface area contributed by atoms with Gasteiger partial charge in [0.2, 0.25) is 0 Å². The summed E-state index contributed by atoms with van der Waals surface area (Å²) < 4.78 is 17.3. The van der Waals surface area contributed by atoms with Crippen LogP contribution in [0.15, 0.2) is 42.5 Å². The molecule has 0 radical (unpaired) electrons. The third kappa shape index (κ3) is 5.08. The Morgan fingerprint density at radius 2 is 2.07 bits per heavy atom. The van der Waals surface area contributed by atoms with Gasteiger partial charge in [0.1, 0.15) is 19.0 Å². The van der Waals surface area contributed by atoms with Crippen molar-refractivity contribution >= 4 is 17.6 Å². The first-order chi connectivity index (χ1) is 13.0. The van der Waals surface area contributed by atoms with Gasteiger partial charge in [-0.3, -0.25) is 4.79 Å². The van der Waals surface area contributed by atoms with Gasteiger partial charge >= 0.3 is 5.97 Å². The molecular weight excluding hydrogens is 368 g/mol. The lowest BCUT2D eigenvalue weighted by Gasteiger charge is -2.26. The van der Waals surface area contributed by atoms with E-state index in [1.54, 1.807) is 37.3 Å². The van der Waals surface area contributed by atoms with E-state index in [0.29, 0.717) is 35.5 Å². The Morgan fingerprint density at radius 1 is 1.30 bits per heavy atom. The Bertz CT molecular complexity index is 866. The molecule has 1 aliphatic rings. The van der Waals surface area contributed by atoms with Crippen molar-refractivity contribution in [2.75, 3.05) is 13.2 Å². The van der Waals surface area contributed by atoms with Crippen LogP contribution in [0.25, 0.3) is 0 Å². The fourth-order valence-electron chi connectivity index (χ4n) is 2.76. The van der Waals surface area contributed by atoms with E-state index in [9.17, 15) is 4.79 Å². The highest BCUT2D eigenvalue weighted by Crippen LogP contribution is 2.34. The summed E-state index contributed by atoms with van der Waals surface area (Å²) in [5.74, 6) is 6.43. The van der Waals surface area contributed by atoms with Crippen molar-refractivity contribution in [2.45, 2.75) is 25.4 Å². The Kier molecular flexibility index (Phi) is 6.10. The molecular formula is C21H19ClO5. The SMILES string of the molecule is CC#C[C@@H](CC(=O)O)c1ccc(OC[C@@H]2COc3ccc(Cl)cc3O2)cc1. The second kappa shape index (κ2) is 8.70. The van der Waals surface area contributed by atoms with Crippen LogP contribution < -0.4 is 14.2 Å². The van der Waals surface area contributed by atoms with Gasteiger partial charge in [0, 0.05) is 11.1 Å². The van der Waals surface area contributed by atoms with Gasteiger partial charge in [0.05, 0.1) is 12.3 Å². The van der Waals surface area contributed by atoms with E-state index in [1.165, 1.54) is 0 Å². The quantitative estimate of drug-likeness (QED) is 0.756. The highest BCUT2D eigenvalue weighted by Gasteiger charge is 2.22. The van der Waals surface area contributed by atoms with Crippen LogP contribution in [0.5, 0.6) is 17.2 Å². The van der Waals surface area contributed by atoms with Crippen molar-refractivity contribution in [3.63, 3.8) is 0 Å². The molecule has 0 bridgehead atoms. The average Bonchev–Trinajstić information content (AvgIpc) is 2.66. The molecule has 3 rings (SSSR count). The van der Waals surface area contributed by atoms with E-state index in [4.69, 9.17) is 30.9 Å². The molecule has 1 N–H and O–H groups in total. The predicted octanol–water partition coefficient (Wildman–Crippen LogP) is 4.14. The number of carbonyl (C=O) groups is 1. The lowest BCUT2D eigenvalue weighted by molar-refractivity contribution is -0.137. The Labute approximate surface area is 162 Å². The minimum absolute atomic E-state index is 0.0315. The number of ether oxygens (including phenoxy) is 3. The molecule has 0 fully saturated rings. The van der Waals surface area contributed by atoms with Gasteiger partial charge in [-0.05, 0) is 36.8 Å². The Hall–Kier alpha value is -2.84. The molecule has 5 nitrogen and oxygen atoms in total. The second-order valence-corrected chi connectivity index (χ2v) is 6.50. The summed E-state index contributed by atoms with van der Waals surface area (Å²) in [7, 11) is 0. The molecule has 0 aliphatic carbocycles. The Morgan fingerprint density at radius 3 is 2.78 bits per heavy atom. The predicted molar refractivity (Wildman–Crippen MR) is 102 cm³/mol. The molecule has 0 saturated carbocycles. The van der Waals surface area contributed by atoms with Gasteiger partial charge < -0.3 is 19.3 Å². The molecule has 140 valence electrons. The number of carboxylic acid groups (broad SMARTS) is 1. The third-order valence-electron chi connectivity index (χ3n) is 4.04. The largest absolute Gasteiger partial charge is 0.490 e. The fraction of sp³-hybridized carbons (Fsp3) is 0.286. The molecule has 2 atom stereocenters. The van der Waals surface area contributed by atoms with Crippen LogP contribution in [0.3, 0.4) is 0 Å². The monoisotopic (exact) mass is 386 g/mol. The maximum Gasteiger partial charge on any atom is 0.304 e. The van der Waals surface area contributed by atoms with Crippen LogP contribution >= 0.6 is 11.6 Å². The smallest absolute Gasteiger partial charge is 0.304 e. The number of hydrogen-bond donors (Lipinski definition) is 1. The molecule has 0 unspecified atom stereocenters. The normalized spacial score (nSPS) is 16.0. The second-order valence-electron chi connectivity index (χ2n) is 6.07. The van der Waals surface area contributed by atoms with E-state index in [1.807, 2.05) is 12.1 Å². The van der Waals surface area contributed by atoms with Crippen molar-refractivity contribution in [1.29, 1.82) is 0 Å². The van der Waals surface area contributed by atoms with Gasteiger partial charge in [-0.25, -0.2) is 0 Å². The summed E-state index contributed by atoms with van der Waals surface area (Å²) in [6, 6.07) is 12.5. The molecule has 2 aromatic rings. The topological polar surface area (TPSA) is 65.0 Å². The number of benzene rings is 2. The maximum atomic E-state index is 11.0. The number of halogens is 1. The zero-order valence-corrected chi connectivity index (χ0v) is 15.5. The van der Waals surface area contributed by atoms with Crippen LogP contribution in [0.2, 0.25) is 5.02 Å². The van der Waals surface area contributed by atoms with Crippen LogP contribution in [-0.4, -0.2) is 30.4 Å². The number of hydrogen-bond acceptors (Lipinski definition) is 4. The molecule has 1 heterocycles. The number of aliphatic carboxylic acids is 1. The van der Waals surface area contributed by atoms with E-state index in [2.05, 4.69) is 11.8 Å². The standard InChI is InChI=1S/C21H19ClO5/c1-2-3-15(10-21(23)24)14-4-7-17(8-5-14)25-12-18-13-26-19-9-6-16(22)11-20(19)27-18/h4-9,11,15,18H,10,12-13H2,1H3,(H,23,24)/t15-,18+/m0/s1. The van der Waals surface area contributed by atoms with E-state index in [-0.39, 0.29) is 18.4 Å². The molecule has 0 amide bonds. The minimum atomic E-state index is -0.877. The van der Waals surface area contributed by atoms with Crippen LogP contribution in [0.4, 0.5) is 0 Å². The first-order valence-electron chi connectivity index (χ1n) is 8.51. The van der Waals surface area contributed by atoms with Crippen molar-refractivity contribution in [3.8, 4) is 29.1 Å². The Balaban J connectivity index is 1.59. The van der Waals surface area contributed by atoms with Gasteiger partial charge in [0.25, 0.3) is 0 Å². The van der Waals surface area contributed by atoms with E-state index < -0.39 is 5.97 Å².